The van der Waals surface area contributed by atoms with Crippen LogP contribution in [-0.4, -0.2) is 82.4 Å². The summed E-state index contributed by atoms with van der Waals surface area (Å²) in [5.41, 5.74) is 3.06. The number of allylic oxidation sites excluding steroid dienone is 1. The van der Waals surface area contributed by atoms with Crippen LogP contribution in [0.5, 0.6) is 17.2 Å². The molecular weight excluding hydrogens is 556 g/mol. The number of aliphatic hydroxyl groups is 1. The van der Waals surface area contributed by atoms with E-state index in [4.69, 9.17) is 38.3 Å². The number of hydrogen-bond donors (Lipinski definition) is 3. The molecule has 0 saturated carbocycles. The Kier molecular flexibility index (Phi) is 10.8. The van der Waals surface area contributed by atoms with E-state index in [2.05, 4.69) is 10.3 Å². The Labute approximate surface area is 251 Å². The highest BCUT2D eigenvalue weighted by Crippen LogP contribution is 2.42. The molecule has 3 aromatic rings. The molecule has 0 unspecified atom stereocenters. The van der Waals surface area contributed by atoms with Crippen molar-refractivity contribution >= 4 is 16.8 Å². The first kappa shape index (κ1) is 30.7. The zero-order valence-corrected chi connectivity index (χ0v) is 24.6. The van der Waals surface area contributed by atoms with E-state index >= 15 is 0 Å². The Hall–Kier alpha value is -3.77. The number of aliphatic hydroxyl groups excluding tert-OH is 1. The highest BCUT2D eigenvalue weighted by atomic mass is 16.7. The lowest BCUT2D eigenvalue weighted by molar-refractivity contribution is -0.168. The van der Waals surface area contributed by atoms with Gasteiger partial charge in [-0.3, -0.25) is 4.79 Å². The van der Waals surface area contributed by atoms with Gasteiger partial charge in [0.15, 0.2) is 17.3 Å². The van der Waals surface area contributed by atoms with Crippen molar-refractivity contribution in [2.24, 2.45) is 5.92 Å². The predicted octanol–water partition coefficient (Wildman–Crippen LogP) is 3.66. The summed E-state index contributed by atoms with van der Waals surface area (Å²) in [6.45, 7) is 4.45. The fourth-order valence-electron chi connectivity index (χ4n) is 5.43. The molecule has 232 valence electrons. The largest absolute Gasteiger partial charge is 0.497 e. The summed E-state index contributed by atoms with van der Waals surface area (Å²) in [6, 6.07) is 11.7. The van der Waals surface area contributed by atoms with E-state index in [-0.39, 0.29) is 43.5 Å². The monoisotopic (exact) mass is 596 g/mol. The van der Waals surface area contributed by atoms with E-state index in [0.29, 0.717) is 57.3 Å². The van der Waals surface area contributed by atoms with E-state index in [1.165, 1.54) is 0 Å². The van der Waals surface area contributed by atoms with Gasteiger partial charge in [0, 0.05) is 48.7 Å². The fourth-order valence-corrected chi connectivity index (χ4v) is 5.43. The molecular formula is C32H40N2O9. The first-order chi connectivity index (χ1) is 21.1. The summed E-state index contributed by atoms with van der Waals surface area (Å²) >= 11 is 0. The third-order valence-corrected chi connectivity index (χ3v) is 7.58. The van der Waals surface area contributed by atoms with Crippen molar-refractivity contribution in [2.45, 2.75) is 32.0 Å². The second kappa shape index (κ2) is 15.1. The number of amides is 1. The van der Waals surface area contributed by atoms with Gasteiger partial charge < -0.3 is 48.6 Å². The number of H-pyrrole nitrogens is 1. The second-order valence-corrected chi connectivity index (χ2v) is 10.2. The van der Waals surface area contributed by atoms with E-state index < -0.39 is 6.29 Å². The topological polar surface area (TPSA) is 130 Å². The number of rotatable bonds is 16. The smallest absolute Gasteiger partial charge is 0.286 e. The zero-order valence-electron chi connectivity index (χ0n) is 24.6. The third-order valence-electron chi connectivity index (χ3n) is 7.58. The molecule has 0 aliphatic carbocycles. The number of nitrogens with one attached hydrogen (secondary N) is 2. The molecule has 3 N–H and O–H groups in total. The zero-order chi connectivity index (χ0) is 30.0. The predicted molar refractivity (Wildman–Crippen MR) is 158 cm³/mol. The minimum Gasteiger partial charge on any atom is -0.497 e. The van der Waals surface area contributed by atoms with Crippen molar-refractivity contribution in [1.82, 2.24) is 10.3 Å². The maximum Gasteiger partial charge on any atom is 0.286 e. The minimum atomic E-state index is -0.651. The molecule has 0 fully saturated rings. The number of aromatic nitrogens is 1. The molecule has 2 aliphatic heterocycles. The summed E-state index contributed by atoms with van der Waals surface area (Å²) in [5.74, 6) is 1.73. The van der Waals surface area contributed by atoms with Crippen LogP contribution in [-0.2, 0) is 30.2 Å². The van der Waals surface area contributed by atoms with Gasteiger partial charge in [-0.1, -0.05) is 6.07 Å². The van der Waals surface area contributed by atoms with E-state index in [1.807, 2.05) is 55.6 Å². The van der Waals surface area contributed by atoms with E-state index in [0.717, 1.165) is 27.8 Å². The van der Waals surface area contributed by atoms with Crippen LogP contribution < -0.4 is 19.5 Å². The number of aromatic amines is 1. The number of fused-ring (bicyclic) bond motifs is 2. The van der Waals surface area contributed by atoms with Gasteiger partial charge in [0.2, 0.25) is 13.1 Å². The Morgan fingerprint density at radius 2 is 1.91 bits per heavy atom. The highest BCUT2D eigenvalue weighted by molar-refractivity contribution is 5.92. The Morgan fingerprint density at radius 1 is 1.07 bits per heavy atom. The van der Waals surface area contributed by atoms with Gasteiger partial charge in [0.1, 0.15) is 5.75 Å². The van der Waals surface area contributed by atoms with Crippen LogP contribution in [0.4, 0.5) is 0 Å². The maximum absolute atomic E-state index is 13.4. The summed E-state index contributed by atoms with van der Waals surface area (Å²) in [4.78, 5) is 16.7. The van der Waals surface area contributed by atoms with Crippen LogP contribution in [0, 0.1) is 5.92 Å². The first-order valence-corrected chi connectivity index (χ1v) is 14.7. The van der Waals surface area contributed by atoms with Gasteiger partial charge in [-0.2, -0.15) is 0 Å². The molecule has 2 aromatic carbocycles. The molecule has 0 bridgehead atoms. The molecule has 0 saturated heterocycles. The molecule has 5 rings (SSSR count). The summed E-state index contributed by atoms with van der Waals surface area (Å²) < 4.78 is 39.8. The highest BCUT2D eigenvalue weighted by Gasteiger charge is 2.38. The lowest BCUT2D eigenvalue weighted by Crippen LogP contribution is -2.39. The number of methoxy groups -OCH3 is 1. The van der Waals surface area contributed by atoms with Gasteiger partial charge in [-0.15, -0.1) is 0 Å². The molecule has 0 spiro atoms. The van der Waals surface area contributed by atoms with Gasteiger partial charge >= 0.3 is 0 Å². The van der Waals surface area contributed by atoms with E-state index in [1.54, 1.807) is 7.11 Å². The number of carbonyl (C=O) groups excluding carboxylic acids is 1. The molecule has 11 heteroatoms. The number of hydrogen-bond acceptors (Lipinski definition) is 9. The van der Waals surface area contributed by atoms with Crippen molar-refractivity contribution in [3.05, 3.63) is 65.6 Å². The summed E-state index contributed by atoms with van der Waals surface area (Å²) in [7, 11) is 1.64. The Balaban J connectivity index is 1.29. The normalized spacial score (nSPS) is 19.2. The van der Waals surface area contributed by atoms with Gasteiger partial charge in [-0.25, -0.2) is 0 Å². The van der Waals surface area contributed by atoms with Crippen molar-refractivity contribution in [3.63, 3.8) is 0 Å². The van der Waals surface area contributed by atoms with Crippen LogP contribution in [0.3, 0.4) is 0 Å². The molecule has 3 atom stereocenters. The molecule has 1 amide bonds. The van der Waals surface area contributed by atoms with Crippen LogP contribution in [0.15, 0.2) is 54.4 Å². The van der Waals surface area contributed by atoms with Crippen LogP contribution in [0.1, 0.15) is 30.4 Å². The SMILES string of the molecule is CCO[C@H]1OC(C(=O)NCCc2c[nH]c3ccc(OC)cc23)=C[C@@H](c2ccc3c(c2)OCO3)[C@@H]1CCOCCOCCO. The summed E-state index contributed by atoms with van der Waals surface area (Å²) in [5, 5.41) is 13.0. The van der Waals surface area contributed by atoms with E-state index in [9.17, 15) is 4.79 Å². The lowest BCUT2D eigenvalue weighted by Gasteiger charge is -2.37. The van der Waals surface area contributed by atoms with Gasteiger partial charge in [-0.05, 0) is 67.3 Å². The quantitative estimate of drug-likeness (QED) is 0.212. The molecule has 3 heterocycles. The van der Waals surface area contributed by atoms with Crippen LogP contribution in [0.2, 0.25) is 0 Å². The standard InChI is InChI=1S/C32H40N2O9/c1-3-40-32-24(9-12-38-14-15-39-13-11-35)25(21-4-7-28-29(16-21)42-20-41-28)18-30(43-32)31(36)33-10-8-22-19-34-27-6-5-23(37-2)17-26(22)27/h4-7,16-19,24-25,32,34-35H,3,8-15,20H2,1-2H3,(H,33,36)/t24-,25-,32-/m0/s1. The molecule has 1 aromatic heterocycles. The molecule has 0 radical (unpaired) electrons. The molecule has 2 aliphatic rings. The Bertz CT molecular complexity index is 1390. The summed E-state index contributed by atoms with van der Waals surface area (Å²) in [6.07, 6.45) is 4.43. The van der Waals surface area contributed by atoms with Crippen LogP contribution >= 0.6 is 0 Å². The number of ether oxygens (including phenoxy) is 7. The van der Waals surface area contributed by atoms with Gasteiger partial charge in [0.25, 0.3) is 5.91 Å². The average molecular weight is 597 g/mol. The van der Waals surface area contributed by atoms with Crippen LogP contribution in [0.25, 0.3) is 10.9 Å². The van der Waals surface area contributed by atoms with Gasteiger partial charge in [0.05, 0.1) is 33.5 Å². The van der Waals surface area contributed by atoms with Crippen molar-refractivity contribution in [3.8, 4) is 17.2 Å². The minimum absolute atomic E-state index is 0.0207. The first-order valence-electron chi connectivity index (χ1n) is 14.7. The third kappa shape index (κ3) is 7.61. The molecule has 43 heavy (non-hydrogen) atoms. The van der Waals surface area contributed by atoms with Crippen molar-refractivity contribution in [1.29, 1.82) is 0 Å². The fraction of sp³-hybridized carbons (Fsp3) is 0.469. The lowest BCUT2D eigenvalue weighted by atomic mass is 9.81. The number of carbonyl (C=O) groups is 1. The average Bonchev–Trinajstić information content (AvgIpc) is 3.67. The number of benzene rings is 2. The Morgan fingerprint density at radius 3 is 2.72 bits per heavy atom. The maximum atomic E-state index is 13.4. The van der Waals surface area contributed by atoms with Crippen molar-refractivity contribution in [2.75, 3.05) is 60.1 Å². The molecule has 11 nitrogen and oxygen atoms in total. The second-order valence-electron chi connectivity index (χ2n) is 10.2. The van der Waals surface area contributed by atoms with Crippen molar-refractivity contribution < 1.29 is 43.1 Å².